The number of hydrogen-bond donors (Lipinski definition) is 0. The second-order valence-electron chi connectivity index (χ2n) is 7.26. The molecule has 2 heterocycles. The van der Waals surface area contributed by atoms with Crippen LogP contribution in [0.3, 0.4) is 0 Å². The average molecular weight is 333 g/mol. The van der Waals surface area contributed by atoms with Gasteiger partial charge in [0.1, 0.15) is 6.10 Å². The Morgan fingerprint density at radius 2 is 1.96 bits per heavy atom. The van der Waals surface area contributed by atoms with Crippen molar-refractivity contribution in [3.63, 3.8) is 0 Å². The Labute approximate surface area is 143 Å². The van der Waals surface area contributed by atoms with Crippen molar-refractivity contribution in [2.24, 2.45) is 5.92 Å². The number of nitrogens with zero attached hydrogens (tertiary/aromatic N) is 1. The highest BCUT2D eigenvalue weighted by molar-refractivity contribution is 5.89. The molecule has 0 spiro atoms. The van der Waals surface area contributed by atoms with Crippen LogP contribution in [-0.4, -0.2) is 62.0 Å². The Morgan fingerprint density at radius 1 is 1.25 bits per heavy atom. The summed E-state index contributed by atoms with van der Waals surface area (Å²) in [5, 5.41) is 0. The van der Waals surface area contributed by atoms with E-state index < -0.39 is 0 Å². The van der Waals surface area contributed by atoms with E-state index in [1.165, 1.54) is 0 Å². The van der Waals surface area contributed by atoms with E-state index in [1.807, 2.05) is 18.2 Å². The molecule has 0 unspecified atom stereocenters. The fourth-order valence-electron chi connectivity index (χ4n) is 3.35. The lowest BCUT2D eigenvalue weighted by Crippen LogP contribution is -2.50. The molecule has 5 heteroatoms. The topological polar surface area (TPSA) is 48.0 Å². The number of hydrogen-bond acceptors (Lipinski definition) is 5. The van der Waals surface area contributed by atoms with Gasteiger partial charge in [0.25, 0.3) is 0 Å². The fourth-order valence-corrected chi connectivity index (χ4v) is 3.35. The molecule has 3 rings (SSSR count). The molecular weight excluding hydrogens is 306 g/mol. The molecular formula is C19H27NO4. The first-order valence-corrected chi connectivity index (χ1v) is 8.74. The highest BCUT2D eigenvalue weighted by atomic mass is 16.6. The molecule has 2 atom stereocenters. The number of morpholine rings is 1. The smallest absolute Gasteiger partial charge is 0.338 e. The molecule has 2 aliphatic heterocycles. The van der Waals surface area contributed by atoms with E-state index in [2.05, 4.69) is 18.7 Å². The lowest BCUT2D eigenvalue weighted by atomic mass is 9.88. The third kappa shape index (κ3) is 4.56. The zero-order chi connectivity index (χ0) is 17.0. The number of benzene rings is 1. The van der Waals surface area contributed by atoms with Crippen LogP contribution in [0.5, 0.6) is 0 Å². The standard InChI is InChI=1S/C19H27NO4/c1-19(2)12-17(24-18(21)15-6-4-3-5-7-15)16(14-23-19)13-20-8-10-22-11-9-20/h3-7,16-17H,8-14H2,1-2H3/t16-,17+/m1/s1. The van der Waals surface area contributed by atoms with Crippen molar-refractivity contribution in [3.8, 4) is 0 Å². The molecule has 0 amide bonds. The predicted molar refractivity (Wildman–Crippen MR) is 91.0 cm³/mol. The van der Waals surface area contributed by atoms with E-state index in [1.54, 1.807) is 12.1 Å². The highest BCUT2D eigenvalue weighted by Crippen LogP contribution is 2.31. The van der Waals surface area contributed by atoms with E-state index in [0.29, 0.717) is 12.2 Å². The molecule has 0 radical (unpaired) electrons. The van der Waals surface area contributed by atoms with E-state index in [4.69, 9.17) is 14.2 Å². The summed E-state index contributed by atoms with van der Waals surface area (Å²) in [5.41, 5.74) is 0.343. The quantitative estimate of drug-likeness (QED) is 0.792. The molecule has 0 aliphatic carbocycles. The largest absolute Gasteiger partial charge is 0.458 e. The van der Waals surface area contributed by atoms with Crippen LogP contribution in [0.4, 0.5) is 0 Å². The highest BCUT2D eigenvalue weighted by Gasteiger charge is 2.39. The van der Waals surface area contributed by atoms with Crippen molar-refractivity contribution >= 4 is 5.97 Å². The number of carbonyl (C=O) groups excluding carboxylic acids is 1. The summed E-state index contributed by atoms with van der Waals surface area (Å²) in [7, 11) is 0. The molecule has 0 N–H and O–H groups in total. The van der Waals surface area contributed by atoms with Crippen molar-refractivity contribution < 1.29 is 19.0 Å². The first kappa shape index (κ1) is 17.4. The molecule has 2 aliphatic rings. The zero-order valence-corrected chi connectivity index (χ0v) is 14.6. The van der Waals surface area contributed by atoms with Gasteiger partial charge in [-0.3, -0.25) is 4.90 Å². The van der Waals surface area contributed by atoms with Crippen LogP contribution in [0.15, 0.2) is 30.3 Å². The van der Waals surface area contributed by atoms with Gasteiger partial charge in [0.2, 0.25) is 0 Å². The summed E-state index contributed by atoms with van der Waals surface area (Å²) in [4.78, 5) is 14.8. The Bertz CT molecular complexity index is 540. The Balaban J connectivity index is 1.66. The van der Waals surface area contributed by atoms with Gasteiger partial charge in [0.15, 0.2) is 0 Å². The van der Waals surface area contributed by atoms with Crippen molar-refractivity contribution in [1.29, 1.82) is 0 Å². The third-order valence-electron chi connectivity index (χ3n) is 4.77. The van der Waals surface area contributed by atoms with E-state index in [-0.39, 0.29) is 23.6 Å². The maximum Gasteiger partial charge on any atom is 0.338 e. The summed E-state index contributed by atoms with van der Waals surface area (Å²) < 4.78 is 17.3. The van der Waals surface area contributed by atoms with Crippen molar-refractivity contribution in [1.82, 2.24) is 4.90 Å². The van der Waals surface area contributed by atoms with Crippen molar-refractivity contribution in [2.75, 3.05) is 39.5 Å². The van der Waals surface area contributed by atoms with Crippen LogP contribution in [0, 0.1) is 5.92 Å². The summed E-state index contributed by atoms with van der Waals surface area (Å²) in [6.07, 6.45) is 0.602. The van der Waals surface area contributed by atoms with Gasteiger partial charge >= 0.3 is 5.97 Å². The van der Waals surface area contributed by atoms with Crippen LogP contribution in [-0.2, 0) is 14.2 Å². The minimum Gasteiger partial charge on any atom is -0.458 e. The maximum absolute atomic E-state index is 12.5. The second-order valence-corrected chi connectivity index (χ2v) is 7.26. The van der Waals surface area contributed by atoms with Crippen LogP contribution >= 0.6 is 0 Å². The van der Waals surface area contributed by atoms with Crippen molar-refractivity contribution in [2.45, 2.75) is 32.0 Å². The number of ether oxygens (including phenoxy) is 3. The third-order valence-corrected chi connectivity index (χ3v) is 4.77. The minimum absolute atomic E-state index is 0.121. The Morgan fingerprint density at radius 3 is 2.67 bits per heavy atom. The molecule has 0 aromatic heterocycles. The van der Waals surface area contributed by atoms with Gasteiger partial charge in [0, 0.05) is 32.0 Å². The molecule has 0 bridgehead atoms. The summed E-state index contributed by atoms with van der Waals surface area (Å²) in [6.45, 7) is 9.02. The average Bonchev–Trinajstić information content (AvgIpc) is 2.59. The van der Waals surface area contributed by atoms with Gasteiger partial charge < -0.3 is 14.2 Å². The fraction of sp³-hybridized carbons (Fsp3) is 0.632. The molecule has 5 nitrogen and oxygen atoms in total. The first-order chi connectivity index (χ1) is 11.5. The summed E-state index contributed by atoms with van der Waals surface area (Å²) in [5.74, 6) is -0.0472. The number of carbonyl (C=O) groups is 1. The van der Waals surface area contributed by atoms with Gasteiger partial charge in [-0.15, -0.1) is 0 Å². The normalized spacial score (nSPS) is 27.6. The first-order valence-electron chi connectivity index (χ1n) is 8.74. The van der Waals surface area contributed by atoms with Crippen LogP contribution in [0.2, 0.25) is 0 Å². The Kier molecular flexibility index (Phi) is 5.54. The van der Waals surface area contributed by atoms with Crippen LogP contribution in [0.25, 0.3) is 0 Å². The van der Waals surface area contributed by atoms with Gasteiger partial charge in [0.05, 0.1) is 31.0 Å². The predicted octanol–water partition coefficient (Wildman–Crippen LogP) is 2.36. The molecule has 132 valence electrons. The molecule has 1 aromatic carbocycles. The summed E-state index contributed by atoms with van der Waals surface area (Å²) in [6, 6.07) is 9.20. The number of esters is 1. The molecule has 1 aromatic rings. The molecule has 0 saturated carbocycles. The number of rotatable bonds is 4. The van der Waals surface area contributed by atoms with Gasteiger partial charge in [-0.2, -0.15) is 0 Å². The van der Waals surface area contributed by atoms with E-state index >= 15 is 0 Å². The minimum atomic E-state index is -0.261. The monoisotopic (exact) mass is 333 g/mol. The SMILES string of the molecule is CC1(C)C[C@H](OC(=O)c2ccccc2)[C@H](CN2CCOCC2)CO1. The van der Waals surface area contributed by atoms with Gasteiger partial charge in [-0.25, -0.2) is 4.79 Å². The Hall–Kier alpha value is -1.43. The van der Waals surface area contributed by atoms with Crippen LogP contribution < -0.4 is 0 Å². The molecule has 2 saturated heterocycles. The lowest BCUT2D eigenvalue weighted by Gasteiger charge is -2.42. The van der Waals surface area contributed by atoms with Crippen molar-refractivity contribution in [3.05, 3.63) is 35.9 Å². The maximum atomic E-state index is 12.5. The van der Waals surface area contributed by atoms with E-state index in [0.717, 1.165) is 39.3 Å². The van der Waals surface area contributed by atoms with Gasteiger partial charge in [-0.1, -0.05) is 18.2 Å². The lowest BCUT2D eigenvalue weighted by molar-refractivity contribution is -0.139. The van der Waals surface area contributed by atoms with Gasteiger partial charge in [-0.05, 0) is 26.0 Å². The molecule has 2 fully saturated rings. The molecule has 24 heavy (non-hydrogen) atoms. The van der Waals surface area contributed by atoms with E-state index in [9.17, 15) is 4.79 Å². The summed E-state index contributed by atoms with van der Waals surface area (Å²) >= 11 is 0. The van der Waals surface area contributed by atoms with Crippen LogP contribution in [0.1, 0.15) is 30.6 Å². The second kappa shape index (κ2) is 7.64. The zero-order valence-electron chi connectivity index (χ0n) is 14.6.